The van der Waals surface area contributed by atoms with Gasteiger partial charge < -0.3 is 18.9 Å². The molecule has 0 N–H and O–H groups in total. The molecule has 0 radical (unpaired) electrons. The van der Waals surface area contributed by atoms with E-state index in [4.69, 9.17) is 18.9 Å². The van der Waals surface area contributed by atoms with Gasteiger partial charge in [0.2, 0.25) is 0 Å². The van der Waals surface area contributed by atoms with Gasteiger partial charge in [-0.1, -0.05) is 119 Å². The number of hydrogen-bond acceptors (Lipinski definition) is 4. The third-order valence-electron chi connectivity index (χ3n) is 6.81. The fourth-order valence-corrected chi connectivity index (χ4v) is 5.18. The highest BCUT2D eigenvalue weighted by molar-refractivity contribution is 9.10. The number of rotatable bonds is 10. The molecule has 0 unspecified atom stereocenters. The normalized spacial score (nSPS) is 19.7. The molecule has 0 bridgehead atoms. The first-order valence-electron chi connectivity index (χ1n) is 12.5. The summed E-state index contributed by atoms with van der Waals surface area (Å²) < 4.78 is 26.2. The summed E-state index contributed by atoms with van der Waals surface area (Å²) in [4.78, 5) is 0. The lowest BCUT2D eigenvalue weighted by molar-refractivity contribution is -0.148. The highest BCUT2D eigenvalue weighted by atomic mass is 79.9. The van der Waals surface area contributed by atoms with Crippen LogP contribution in [0.4, 0.5) is 0 Å². The predicted molar refractivity (Wildman–Crippen MR) is 148 cm³/mol. The highest BCUT2D eigenvalue weighted by Crippen LogP contribution is 2.41. The van der Waals surface area contributed by atoms with E-state index in [1.165, 1.54) is 0 Å². The molecule has 1 saturated heterocycles. The van der Waals surface area contributed by atoms with E-state index < -0.39 is 5.60 Å². The van der Waals surface area contributed by atoms with Gasteiger partial charge in [0.05, 0.1) is 19.3 Å². The van der Waals surface area contributed by atoms with Gasteiger partial charge in [0.15, 0.2) is 6.29 Å². The van der Waals surface area contributed by atoms with Gasteiger partial charge in [0, 0.05) is 18.0 Å². The molecular formula is C32H31BrO4. The Morgan fingerprint density at radius 2 is 1.27 bits per heavy atom. The second-order valence-electron chi connectivity index (χ2n) is 9.14. The summed E-state index contributed by atoms with van der Waals surface area (Å²) in [6.07, 6.45) is -0.122. The SMILES string of the molecule is CO[C@@H]1C[C@@H](OCc2ccc(Br)cc2)[C@H](COC(c2ccccc2)(c2ccccc2)c2ccccc2)O1. The van der Waals surface area contributed by atoms with Gasteiger partial charge in [-0.2, -0.15) is 0 Å². The van der Waals surface area contributed by atoms with Crippen LogP contribution in [0, 0.1) is 0 Å². The first-order chi connectivity index (χ1) is 18.2. The lowest BCUT2D eigenvalue weighted by Crippen LogP contribution is -2.38. The second kappa shape index (κ2) is 12.2. The van der Waals surface area contributed by atoms with Crippen molar-refractivity contribution in [3.05, 3.63) is 142 Å². The van der Waals surface area contributed by atoms with Gasteiger partial charge in [-0.05, 0) is 34.4 Å². The minimum absolute atomic E-state index is 0.159. The van der Waals surface area contributed by atoms with Crippen LogP contribution in [0.3, 0.4) is 0 Å². The van der Waals surface area contributed by atoms with Gasteiger partial charge in [-0.25, -0.2) is 0 Å². The summed E-state index contributed by atoms with van der Waals surface area (Å²) in [5.41, 5.74) is 3.47. The molecule has 1 aliphatic rings. The molecule has 1 heterocycles. The largest absolute Gasteiger partial charge is 0.371 e. The lowest BCUT2D eigenvalue weighted by atomic mass is 9.80. The van der Waals surface area contributed by atoms with Gasteiger partial charge in [0.1, 0.15) is 11.7 Å². The Kier molecular flexibility index (Phi) is 8.49. The van der Waals surface area contributed by atoms with E-state index in [2.05, 4.69) is 101 Å². The maximum atomic E-state index is 7.00. The zero-order valence-electron chi connectivity index (χ0n) is 20.8. The van der Waals surface area contributed by atoms with Crippen LogP contribution >= 0.6 is 15.9 Å². The van der Waals surface area contributed by atoms with E-state index in [0.29, 0.717) is 19.6 Å². The van der Waals surface area contributed by atoms with Crippen molar-refractivity contribution in [3.63, 3.8) is 0 Å². The van der Waals surface area contributed by atoms with Gasteiger partial charge in [-0.15, -0.1) is 0 Å². The summed E-state index contributed by atoms with van der Waals surface area (Å²) in [5.74, 6) is 0. The quantitative estimate of drug-likeness (QED) is 0.194. The molecule has 190 valence electrons. The average Bonchev–Trinajstić information content (AvgIpc) is 3.37. The molecule has 5 heteroatoms. The molecule has 4 nitrogen and oxygen atoms in total. The molecule has 4 aromatic carbocycles. The number of methoxy groups -OCH3 is 1. The molecule has 1 fully saturated rings. The van der Waals surface area contributed by atoms with Crippen molar-refractivity contribution in [1.29, 1.82) is 0 Å². The molecule has 1 aliphatic heterocycles. The fourth-order valence-electron chi connectivity index (χ4n) is 4.91. The van der Waals surface area contributed by atoms with Crippen LogP contribution in [0.15, 0.2) is 120 Å². The standard InChI is InChI=1S/C32H31BrO4/c1-34-31-21-29(35-22-24-17-19-28(33)20-18-24)30(37-31)23-36-32(25-11-5-2-6-12-25,26-13-7-3-8-14-26)27-15-9-4-10-16-27/h2-20,29-31H,21-23H2,1H3/t29-,30+,31+/m1/s1. The predicted octanol–water partition coefficient (Wildman–Crippen LogP) is 7.10. The van der Waals surface area contributed by atoms with Crippen molar-refractivity contribution in [3.8, 4) is 0 Å². The van der Waals surface area contributed by atoms with E-state index >= 15 is 0 Å². The van der Waals surface area contributed by atoms with E-state index in [-0.39, 0.29) is 18.5 Å². The summed E-state index contributed by atoms with van der Waals surface area (Å²) >= 11 is 3.49. The summed E-state index contributed by atoms with van der Waals surface area (Å²) in [6.45, 7) is 0.832. The lowest BCUT2D eigenvalue weighted by Gasteiger charge is -2.37. The Labute approximate surface area is 227 Å². The summed E-state index contributed by atoms with van der Waals surface area (Å²) in [5, 5.41) is 0. The molecule has 5 rings (SSSR count). The number of benzene rings is 4. The zero-order chi connectivity index (χ0) is 25.5. The molecule has 3 atom stereocenters. The van der Waals surface area contributed by atoms with E-state index in [9.17, 15) is 0 Å². The Morgan fingerprint density at radius 3 is 1.76 bits per heavy atom. The molecule has 0 spiro atoms. The van der Waals surface area contributed by atoms with E-state index in [0.717, 1.165) is 26.7 Å². The van der Waals surface area contributed by atoms with Crippen LogP contribution in [0.2, 0.25) is 0 Å². The Morgan fingerprint density at radius 1 is 0.757 bits per heavy atom. The van der Waals surface area contributed by atoms with Gasteiger partial charge in [-0.3, -0.25) is 0 Å². The highest BCUT2D eigenvalue weighted by Gasteiger charge is 2.42. The number of halogens is 1. The van der Waals surface area contributed by atoms with Crippen LogP contribution in [-0.2, 0) is 31.2 Å². The van der Waals surface area contributed by atoms with E-state index in [1.54, 1.807) is 7.11 Å². The topological polar surface area (TPSA) is 36.9 Å². The van der Waals surface area contributed by atoms with Crippen LogP contribution < -0.4 is 0 Å². The molecule has 0 aromatic heterocycles. The van der Waals surface area contributed by atoms with Crippen molar-refractivity contribution >= 4 is 15.9 Å². The smallest absolute Gasteiger partial charge is 0.160 e. The monoisotopic (exact) mass is 558 g/mol. The summed E-state index contributed by atoms with van der Waals surface area (Å²) in [7, 11) is 1.67. The van der Waals surface area contributed by atoms with Crippen LogP contribution in [0.5, 0.6) is 0 Å². The molecule has 0 aliphatic carbocycles. The summed E-state index contributed by atoms with van der Waals surface area (Å²) in [6, 6.07) is 39.3. The van der Waals surface area contributed by atoms with Crippen LogP contribution in [0.25, 0.3) is 0 Å². The Hall–Kier alpha value is -2.80. The fraction of sp³-hybridized carbons (Fsp3) is 0.250. The minimum atomic E-state index is -0.811. The van der Waals surface area contributed by atoms with Gasteiger partial charge in [0.25, 0.3) is 0 Å². The first-order valence-corrected chi connectivity index (χ1v) is 13.3. The van der Waals surface area contributed by atoms with E-state index in [1.807, 2.05) is 30.3 Å². The van der Waals surface area contributed by atoms with Crippen molar-refractivity contribution in [2.24, 2.45) is 0 Å². The maximum absolute atomic E-state index is 7.00. The maximum Gasteiger partial charge on any atom is 0.160 e. The first kappa shape index (κ1) is 25.8. The Balaban J connectivity index is 1.45. The van der Waals surface area contributed by atoms with Crippen molar-refractivity contribution in [2.75, 3.05) is 13.7 Å². The molecular weight excluding hydrogens is 528 g/mol. The van der Waals surface area contributed by atoms with Crippen LogP contribution in [-0.4, -0.2) is 32.2 Å². The average molecular weight is 560 g/mol. The second-order valence-corrected chi connectivity index (χ2v) is 10.1. The minimum Gasteiger partial charge on any atom is -0.371 e. The third kappa shape index (κ3) is 5.87. The van der Waals surface area contributed by atoms with Gasteiger partial charge >= 0.3 is 0 Å². The molecule has 0 saturated carbocycles. The molecule has 0 amide bonds. The van der Waals surface area contributed by atoms with Crippen LogP contribution in [0.1, 0.15) is 28.7 Å². The van der Waals surface area contributed by atoms with Crippen molar-refractivity contribution in [1.82, 2.24) is 0 Å². The number of hydrogen-bond donors (Lipinski definition) is 0. The zero-order valence-corrected chi connectivity index (χ0v) is 22.4. The molecule has 37 heavy (non-hydrogen) atoms. The molecule has 4 aromatic rings. The van der Waals surface area contributed by atoms with Crippen molar-refractivity contribution in [2.45, 2.75) is 37.1 Å². The Bertz CT molecular complexity index is 1140. The van der Waals surface area contributed by atoms with Crippen molar-refractivity contribution < 1.29 is 18.9 Å². The number of ether oxygens (including phenoxy) is 4. The third-order valence-corrected chi connectivity index (χ3v) is 7.34.